The van der Waals surface area contributed by atoms with Gasteiger partial charge in [0.05, 0.1) is 18.8 Å². The van der Waals surface area contributed by atoms with Crippen LogP contribution in [0.15, 0.2) is 0 Å². The number of nitrogens with two attached hydrogens (primary N) is 1. The zero-order chi connectivity index (χ0) is 11.6. The Morgan fingerprint density at radius 3 is 2.81 bits per heavy atom. The summed E-state index contributed by atoms with van der Waals surface area (Å²) in [6.45, 7) is 0.818. The Bertz CT molecular complexity index is 264. The summed E-state index contributed by atoms with van der Waals surface area (Å²) in [4.78, 5) is 12.0. The van der Waals surface area contributed by atoms with E-state index in [1.165, 1.54) is 0 Å². The topological polar surface area (TPSA) is 84.6 Å². The summed E-state index contributed by atoms with van der Waals surface area (Å²) in [7, 11) is 0. The molecule has 1 aliphatic heterocycles. The summed E-state index contributed by atoms with van der Waals surface area (Å²) in [5.41, 5.74) is 5.05. The van der Waals surface area contributed by atoms with Crippen molar-refractivity contribution in [3.8, 4) is 0 Å². The van der Waals surface area contributed by atoms with Crippen molar-refractivity contribution in [2.75, 3.05) is 13.2 Å². The minimum Gasteiger partial charge on any atom is -0.391 e. The lowest BCUT2D eigenvalue weighted by atomic mass is 9.91. The SMILES string of the molecule is NC1(C(=O)NC2CCCCC2O)CCOC1. The second-order valence-electron chi connectivity index (χ2n) is 4.89. The van der Waals surface area contributed by atoms with E-state index in [1.54, 1.807) is 0 Å². The lowest BCUT2D eigenvalue weighted by molar-refractivity contribution is -0.128. The molecule has 1 saturated carbocycles. The fourth-order valence-electron chi connectivity index (χ4n) is 2.35. The van der Waals surface area contributed by atoms with Crippen molar-refractivity contribution in [1.82, 2.24) is 5.32 Å². The molecule has 1 aliphatic carbocycles. The number of hydrogen-bond donors (Lipinski definition) is 3. The fraction of sp³-hybridized carbons (Fsp3) is 0.909. The molecule has 1 heterocycles. The van der Waals surface area contributed by atoms with Crippen LogP contribution in [0.1, 0.15) is 32.1 Å². The molecule has 5 heteroatoms. The molecule has 1 saturated heterocycles. The first-order chi connectivity index (χ1) is 7.62. The zero-order valence-corrected chi connectivity index (χ0v) is 9.45. The van der Waals surface area contributed by atoms with Crippen molar-refractivity contribution in [1.29, 1.82) is 0 Å². The highest BCUT2D eigenvalue weighted by molar-refractivity contribution is 5.86. The summed E-state index contributed by atoms with van der Waals surface area (Å²) in [5.74, 6) is -0.184. The van der Waals surface area contributed by atoms with Crippen LogP contribution in [0.4, 0.5) is 0 Å². The number of ether oxygens (including phenoxy) is 1. The predicted molar refractivity (Wildman–Crippen MR) is 58.8 cm³/mol. The van der Waals surface area contributed by atoms with Crippen molar-refractivity contribution in [3.05, 3.63) is 0 Å². The van der Waals surface area contributed by atoms with E-state index in [-0.39, 0.29) is 18.6 Å². The first kappa shape index (κ1) is 11.8. The zero-order valence-electron chi connectivity index (χ0n) is 9.45. The monoisotopic (exact) mass is 228 g/mol. The highest BCUT2D eigenvalue weighted by Crippen LogP contribution is 2.21. The standard InChI is InChI=1S/C11H20N2O3/c12-11(5-6-16-7-11)10(15)13-8-3-1-2-4-9(8)14/h8-9,14H,1-7,12H2,(H,13,15). The molecule has 2 fully saturated rings. The van der Waals surface area contributed by atoms with Gasteiger partial charge in [-0.05, 0) is 19.3 Å². The van der Waals surface area contributed by atoms with E-state index < -0.39 is 11.6 Å². The number of aliphatic hydroxyl groups excluding tert-OH is 1. The number of nitrogens with one attached hydrogen (secondary N) is 1. The van der Waals surface area contributed by atoms with Gasteiger partial charge in [0.2, 0.25) is 5.91 Å². The number of rotatable bonds is 2. The minimum absolute atomic E-state index is 0.137. The average molecular weight is 228 g/mol. The van der Waals surface area contributed by atoms with Gasteiger partial charge in [0.15, 0.2) is 0 Å². The van der Waals surface area contributed by atoms with E-state index in [4.69, 9.17) is 10.5 Å². The van der Waals surface area contributed by atoms with E-state index in [0.717, 1.165) is 25.7 Å². The van der Waals surface area contributed by atoms with Crippen LogP contribution in [0.5, 0.6) is 0 Å². The molecule has 0 radical (unpaired) electrons. The maximum absolute atomic E-state index is 12.0. The third kappa shape index (κ3) is 2.36. The highest BCUT2D eigenvalue weighted by atomic mass is 16.5. The van der Waals surface area contributed by atoms with E-state index in [9.17, 15) is 9.90 Å². The van der Waals surface area contributed by atoms with Crippen LogP contribution in [-0.2, 0) is 9.53 Å². The molecule has 0 spiro atoms. The van der Waals surface area contributed by atoms with E-state index in [2.05, 4.69) is 5.32 Å². The highest BCUT2D eigenvalue weighted by Gasteiger charge is 2.40. The largest absolute Gasteiger partial charge is 0.391 e. The molecule has 92 valence electrons. The lowest BCUT2D eigenvalue weighted by Crippen LogP contribution is -2.58. The summed E-state index contributed by atoms with van der Waals surface area (Å²) < 4.78 is 5.15. The molecule has 2 aliphatic rings. The average Bonchev–Trinajstić information content (AvgIpc) is 2.70. The number of carbonyl (C=O) groups excluding carboxylic acids is 1. The second kappa shape index (κ2) is 4.69. The molecule has 3 atom stereocenters. The van der Waals surface area contributed by atoms with Crippen LogP contribution in [0.2, 0.25) is 0 Å². The Hall–Kier alpha value is -0.650. The number of amides is 1. The normalized spacial score (nSPS) is 39.6. The van der Waals surface area contributed by atoms with Gasteiger partial charge in [-0.1, -0.05) is 12.8 Å². The van der Waals surface area contributed by atoms with E-state index in [0.29, 0.717) is 13.0 Å². The number of aliphatic hydroxyl groups is 1. The molecule has 2 rings (SSSR count). The van der Waals surface area contributed by atoms with E-state index in [1.807, 2.05) is 0 Å². The molecular weight excluding hydrogens is 208 g/mol. The molecule has 0 bridgehead atoms. The molecular formula is C11H20N2O3. The van der Waals surface area contributed by atoms with Crippen molar-refractivity contribution in [2.24, 2.45) is 5.73 Å². The van der Waals surface area contributed by atoms with Crippen molar-refractivity contribution >= 4 is 5.91 Å². The van der Waals surface area contributed by atoms with Crippen molar-refractivity contribution in [2.45, 2.75) is 49.8 Å². The van der Waals surface area contributed by atoms with Gasteiger partial charge in [0.1, 0.15) is 5.54 Å². The Balaban J connectivity index is 1.90. The van der Waals surface area contributed by atoms with Gasteiger partial charge < -0.3 is 20.9 Å². The van der Waals surface area contributed by atoms with Crippen LogP contribution in [0.3, 0.4) is 0 Å². The number of carbonyl (C=O) groups is 1. The summed E-state index contributed by atoms with van der Waals surface area (Å²) in [6.07, 6.45) is 3.81. The quantitative estimate of drug-likeness (QED) is 0.596. The van der Waals surface area contributed by atoms with Gasteiger partial charge in [-0.2, -0.15) is 0 Å². The maximum atomic E-state index is 12.0. The molecule has 5 nitrogen and oxygen atoms in total. The van der Waals surface area contributed by atoms with Gasteiger partial charge in [-0.15, -0.1) is 0 Å². The minimum atomic E-state index is -0.892. The molecule has 4 N–H and O–H groups in total. The van der Waals surface area contributed by atoms with Gasteiger partial charge in [0.25, 0.3) is 0 Å². The van der Waals surface area contributed by atoms with Crippen LogP contribution in [-0.4, -0.2) is 41.9 Å². The smallest absolute Gasteiger partial charge is 0.242 e. The van der Waals surface area contributed by atoms with E-state index >= 15 is 0 Å². The molecule has 0 aromatic rings. The molecule has 0 aromatic heterocycles. The molecule has 0 aromatic carbocycles. The van der Waals surface area contributed by atoms with Crippen molar-refractivity contribution < 1.29 is 14.6 Å². The molecule has 1 amide bonds. The van der Waals surface area contributed by atoms with Gasteiger partial charge in [0, 0.05) is 6.61 Å². The Kier molecular flexibility index (Phi) is 3.47. The lowest BCUT2D eigenvalue weighted by Gasteiger charge is -2.31. The Labute approximate surface area is 95.3 Å². The summed E-state index contributed by atoms with van der Waals surface area (Å²) >= 11 is 0. The summed E-state index contributed by atoms with van der Waals surface area (Å²) in [5, 5.41) is 12.6. The van der Waals surface area contributed by atoms with Crippen molar-refractivity contribution in [3.63, 3.8) is 0 Å². The molecule has 3 unspecified atom stereocenters. The van der Waals surface area contributed by atoms with Crippen LogP contribution >= 0.6 is 0 Å². The third-order valence-corrected chi connectivity index (χ3v) is 3.55. The Morgan fingerprint density at radius 2 is 2.19 bits per heavy atom. The Morgan fingerprint density at radius 1 is 1.44 bits per heavy atom. The van der Waals surface area contributed by atoms with Crippen LogP contribution in [0.25, 0.3) is 0 Å². The van der Waals surface area contributed by atoms with Gasteiger partial charge in [-0.3, -0.25) is 4.79 Å². The molecule has 16 heavy (non-hydrogen) atoms. The second-order valence-corrected chi connectivity index (χ2v) is 4.89. The predicted octanol–water partition coefficient (Wildman–Crippen LogP) is -0.476. The number of hydrogen-bond acceptors (Lipinski definition) is 4. The fourth-order valence-corrected chi connectivity index (χ4v) is 2.35. The maximum Gasteiger partial charge on any atom is 0.242 e. The van der Waals surface area contributed by atoms with Gasteiger partial charge >= 0.3 is 0 Å². The third-order valence-electron chi connectivity index (χ3n) is 3.55. The van der Waals surface area contributed by atoms with Crippen LogP contribution in [0, 0.1) is 0 Å². The first-order valence-corrected chi connectivity index (χ1v) is 5.97. The van der Waals surface area contributed by atoms with Gasteiger partial charge in [-0.25, -0.2) is 0 Å². The summed E-state index contributed by atoms with van der Waals surface area (Å²) in [6, 6.07) is -0.137. The first-order valence-electron chi connectivity index (χ1n) is 5.97. The van der Waals surface area contributed by atoms with Crippen LogP contribution < -0.4 is 11.1 Å².